The van der Waals surface area contributed by atoms with Crippen LogP contribution in [0.5, 0.6) is 0 Å². The molecular weight excluding hydrogens is 222 g/mol. The topological polar surface area (TPSA) is 78.6 Å². The second-order valence-corrected chi connectivity index (χ2v) is 3.23. The maximum atomic E-state index is 10.7. The minimum absolute atomic E-state index is 0.271. The fraction of sp³-hybridized carbons (Fsp3) is 0.500. The molecule has 0 aliphatic carbocycles. The van der Waals surface area contributed by atoms with Crippen LogP contribution in [0.25, 0.3) is 0 Å². The molecule has 0 aromatic carbocycles. The second-order valence-electron chi connectivity index (χ2n) is 3.23. The summed E-state index contributed by atoms with van der Waals surface area (Å²) in [4.78, 5) is 20.8. The summed E-state index contributed by atoms with van der Waals surface area (Å²) in [5.74, 6) is -0.767. The molecule has 0 aromatic rings. The van der Waals surface area contributed by atoms with E-state index in [4.69, 9.17) is 10.5 Å². The summed E-state index contributed by atoms with van der Waals surface area (Å²) >= 11 is 0. The van der Waals surface area contributed by atoms with Crippen LogP contribution >= 0.6 is 0 Å². The molecule has 0 aliphatic rings. The maximum Gasteiger partial charge on any atom is 0.335 e. The van der Waals surface area contributed by atoms with Gasteiger partial charge in [0.05, 0.1) is 18.8 Å². The van der Waals surface area contributed by atoms with Crippen molar-refractivity contribution in [3.05, 3.63) is 23.8 Å². The number of ether oxygens (including phenoxy) is 2. The molecule has 0 aromatic heterocycles. The van der Waals surface area contributed by atoms with Gasteiger partial charge in [-0.05, 0) is 20.8 Å². The number of primary amides is 1. The zero-order valence-corrected chi connectivity index (χ0v) is 11.1. The van der Waals surface area contributed by atoms with E-state index in [2.05, 4.69) is 11.3 Å². The Kier molecular flexibility index (Phi) is 10.0. The van der Waals surface area contributed by atoms with Crippen molar-refractivity contribution >= 4 is 11.9 Å². The summed E-state index contributed by atoms with van der Waals surface area (Å²) in [6.07, 6.45) is 1.41. The molecular formula is C12H21NO4. The van der Waals surface area contributed by atoms with Gasteiger partial charge in [0, 0.05) is 12.7 Å². The van der Waals surface area contributed by atoms with E-state index < -0.39 is 5.97 Å². The van der Waals surface area contributed by atoms with Gasteiger partial charge in [-0.1, -0.05) is 12.7 Å². The number of hydrogen-bond donors (Lipinski definition) is 1. The van der Waals surface area contributed by atoms with Crippen molar-refractivity contribution in [1.29, 1.82) is 0 Å². The van der Waals surface area contributed by atoms with Crippen molar-refractivity contribution in [1.82, 2.24) is 0 Å². The Balaban J connectivity index is 0. The average molecular weight is 243 g/mol. The minimum atomic E-state index is -0.422. The normalized spacial score (nSPS) is 11.9. The van der Waals surface area contributed by atoms with Gasteiger partial charge in [0.25, 0.3) is 0 Å². The zero-order valence-electron chi connectivity index (χ0n) is 11.1. The first-order valence-corrected chi connectivity index (χ1v) is 5.04. The van der Waals surface area contributed by atoms with E-state index in [1.165, 1.54) is 14.2 Å². The molecule has 17 heavy (non-hydrogen) atoms. The largest absolute Gasteiger partial charge is 0.466 e. The molecule has 0 heterocycles. The lowest BCUT2D eigenvalue weighted by molar-refractivity contribution is -0.137. The summed E-state index contributed by atoms with van der Waals surface area (Å²) < 4.78 is 9.25. The van der Waals surface area contributed by atoms with Gasteiger partial charge < -0.3 is 15.2 Å². The van der Waals surface area contributed by atoms with Crippen molar-refractivity contribution in [3.8, 4) is 0 Å². The first kappa shape index (κ1) is 17.8. The fourth-order valence-electron chi connectivity index (χ4n) is 0.582. The van der Waals surface area contributed by atoms with Crippen LogP contribution in [-0.2, 0) is 19.1 Å². The van der Waals surface area contributed by atoms with Gasteiger partial charge in [-0.3, -0.25) is 4.79 Å². The molecule has 0 saturated heterocycles. The molecule has 0 spiro atoms. The van der Waals surface area contributed by atoms with Gasteiger partial charge in [-0.25, -0.2) is 4.79 Å². The zero-order chi connectivity index (χ0) is 14.0. The van der Waals surface area contributed by atoms with Gasteiger partial charge in [0.1, 0.15) is 0 Å². The lowest BCUT2D eigenvalue weighted by Gasteiger charge is -2.09. The van der Waals surface area contributed by atoms with E-state index in [9.17, 15) is 9.59 Å². The van der Waals surface area contributed by atoms with Crippen molar-refractivity contribution < 1.29 is 19.1 Å². The Morgan fingerprint density at radius 2 is 1.82 bits per heavy atom. The number of carbonyl (C=O) groups excluding carboxylic acids is 2. The standard InChI is InChI=1S/C7H12O3.C5H9NO/c1-5(6(2)9-3)7(8)10-4;1-3-4(2)5(6)7/h6H,1H2,2-4H3;3H,1-2H3,(H2,6,7). The molecule has 0 saturated carbocycles. The van der Waals surface area contributed by atoms with Gasteiger partial charge >= 0.3 is 5.97 Å². The molecule has 1 atom stereocenters. The lowest BCUT2D eigenvalue weighted by Crippen LogP contribution is -2.16. The van der Waals surface area contributed by atoms with Gasteiger partial charge in [0.15, 0.2) is 0 Å². The molecule has 5 nitrogen and oxygen atoms in total. The Morgan fingerprint density at radius 3 is 2.00 bits per heavy atom. The molecule has 0 fully saturated rings. The van der Waals surface area contributed by atoms with E-state index in [1.54, 1.807) is 26.8 Å². The van der Waals surface area contributed by atoms with Crippen LogP contribution < -0.4 is 5.73 Å². The number of amides is 1. The third-order valence-electron chi connectivity index (χ3n) is 2.11. The smallest absolute Gasteiger partial charge is 0.335 e. The number of methoxy groups -OCH3 is 2. The van der Waals surface area contributed by atoms with Gasteiger partial charge in [-0.2, -0.15) is 0 Å². The van der Waals surface area contributed by atoms with E-state index in [-0.39, 0.29) is 12.0 Å². The van der Waals surface area contributed by atoms with Crippen LogP contribution in [0.1, 0.15) is 20.8 Å². The second kappa shape index (κ2) is 9.59. The summed E-state index contributed by atoms with van der Waals surface area (Å²) in [6, 6.07) is 0. The summed E-state index contributed by atoms with van der Waals surface area (Å²) in [5.41, 5.74) is 5.79. The first-order chi connectivity index (χ1) is 7.81. The number of esters is 1. The van der Waals surface area contributed by atoms with Crippen LogP contribution in [0.3, 0.4) is 0 Å². The molecule has 1 amide bonds. The highest BCUT2D eigenvalue weighted by atomic mass is 16.5. The van der Waals surface area contributed by atoms with Crippen LogP contribution in [0, 0.1) is 0 Å². The maximum absolute atomic E-state index is 10.7. The summed E-state index contributed by atoms with van der Waals surface area (Å²) in [6.45, 7) is 8.69. The predicted octanol–water partition coefficient (Wildman–Crippen LogP) is 1.19. The van der Waals surface area contributed by atoms with Crippen LogP contribution in [-0.4, -0.2) is 32.2 Å². The van der Waals surface area contributed by atoms with Gasteiger partial charge in [-0.15, -0.1) is 0 Å². The van der Waals surface area contributed by atoms with E-state index in [0.29, 0.717) is 11.1 Å². The molecule has 0 radical (unpaired) electrons. The number of allylic oxidation sites excluding steroid dienone is 1. The fourth-order valence-corrected chi connectivity index (χ4v) is 0.582. The summed E-state index contributed by atoms with van der Waals surface area (Å²) in [5, 5.41) is 0. The van der Waals surface area contributed by atoms with Crippen LogP contribution in [0.4, 0.5) is 0 Å². The first-order valence-electron chi connectivity index (χ1n) is 5.04. The highest BCUT2D eigenvalue weighted by Crippen LogP contribution is 2.03. The predicted molar refractivity (Wildman–Crippen MR) is 66.3 cm³/mol. The average Bonchev–Trinajstić information content (AvgIpc) is 2.35. The molecule has 0 rings (SSSR count). The highest BCUT2D eigenvalue weighted by molar-refractivity contribution is 5.91. The van der Waals surface area contributed by atoms with Crippen molar-refractivity contribution in [3.63, 3.8) is 0 Å². The number of hydrogen-bond acceptors (Lipinski definition) is 4. The number of nitrogens with two attached hydrogens (primary N) is 1. The molecule has 1 unspecified atom stereocenters. The Morgan fingerprint density at radius 1 is 1.35 bits per heavy atom. The molecule has 2 N–H and O–H groups in total. The molecule has 0 aliphatic heterocycles. The Hall–Kier alpha value is -1.62. The monoisotopic (exact) mass is 243 g/mol. The van der Waals surface area contributed by atoms with Crippen molar-refractivity contribution in [2.24, 2.45) is 5.73 Å². The minimum Gasteiger partial charge on any atom is -0.466 e. The van der Waals surface area contributed by atoms with Crippen molar-refractivity contribution in [2.75, 3.05) is 14.2 Å². The van der Waals surface area contributed by atoms with Crippen LogP contribution in [0.15, 0.2) is 23.8 Å². The SMILES string of the molecule is C=C(C(=O)OC)C(C)OC.CC=C(C)C(N)=O. The van der Waals surface area contributed by atoms with Gasteiger partial charge in [0.2, 0.25) is 5.91 Å². The third kappa shape index (κ3) is 8.21. The van der Waals surface area contributed by atoms with E-state index >= 15 is 0 Å². The molecule has 5 heteroatoms. The number of carbonyl (C=O) groups is 2. The summed E-state index contributed by atoms with van der Waals surface area (Å²) in [7, 11) is 2.83. The van der Waals surface area contributed by atoms with E-state index in [1.807, 2.05) is 0 Å². The third-order valence-corrected chi connectivity index (χ3v) is 2.11. The lowest BCUT2D eigenvalue weighted by atomic mass is 10.2. The highest BCUT2D eigenvalue weighted by Gasteiger charge is 2.13. The quantitative estimate of drug-likeness (QED) is 0.594. The number of rotatable bonds is 4. The Bertz CT molecular complexity index is 308. The van der Waals surface area contributed by atoms with Crippen LogP contribution in [0.2, 0.25) is 0 Å². The molecule has 98 valence electrons. The molecule has 0 bridgehead atoms. The Labute approximate surface area is 102 Å². The van der Waals surface area contributed by atoms with E-state index in [0.717, 1.165) is 0 Å². The van der Waals surface area contributed by atoms with Crippen molar-refractivity contribution in [2.45, 2.75) is 26.9 Å².